The summed E-state index contributed by atoms with van der Waals surface area (Å²) in [4.78, 5) is 10.8. The Bertz CT molecular complexity index is 912. The van der Waals surface area contributed by atoms with Crippen LogP contribution in [0.25, 0.3) is 0 Å². The summed E-state index contributed by atoms with van der Waals surface area (Å²) in [6.45, 7) is 1.41. The molecule has 7 heteroatoms. The lowest BCUT2D eigenvalue weighted by atomic mass is 10.2. The summed E-state index contributed by atoms with van der Waals surface area (Å²) >= 11 is 0. The highest BCUT2D eigenvalue weighted by molar-refractivity contribution is 5.75. The summed E-state index contributed by atoms with van der Waals surface area (Å²) < 4.78 is 0. The number of aromatic nitrogens is 2. The molecule has 0 spiro atoms. The minimum Gasteiger partial charge on any atom is -0.382 e. The maximum absolute atomic E-state index is 6.09. The Kier molecular flexibility index (Phi) is 3.74. The largest absolute Gasteiger partial charge is 0.382 e. The van der Waals surface area contributed by atoms with Crippen LogP contribution in [0, 0.1) is 0 Å². The summed E-state index contributed by atoms with van der Waals surface area (Å²) in [5, 5.41) is 8.45. The molecule has 1 aliphatic rings. The van der Waals surface area contributed by atoms with Crippen molar-refractivity contribution in [2.75, 3.05) is 16.4 Å². The lowest BCUT2D eigenvalue weighted by molar-refractivity contribution is 0.869. The third kappa shape index (κ3) is 2.99. The molecule has 124 valence electrons. The number of nitrogens with two attached hydrogens (primary N) is 2. The van der Waals surface area contributed by atoms with E-state index in [1.165, 1.54) is 5.56 Å². The van der Waals surface area contributed by atoms with Crippen molar-refractivity contribution >= 4 is 28.7 Å². The van der Waals surface area contributed by atoms with E-state index >= 15 is 0 Å². The van der Waals surface area contributed by atoms with Crippen LogP contribution in [0.5, 0.6) is 0 Å². The first-order chi connectivity index (χ1) is 12.2. The number of pyridine rings is 2. The van der Waals surface area contributed by atoms with E-state index in [1.54, 1.807) is 6.20 Å². The van der Waals surface area contributed by atoms with E-state index in [4.69, 9.17) is 11.5 Å². The number of azo groups is 1. The van der Waals surface area contributed by atoms with Crippen LogP contribution in [0.4, 0.5) is 28.7 Å². The van der Waals surface area contributed by atoms with Gasteiger partial charge in [-0.15, -0.1) is 5.11 Å². The van der Waals surface area contributed by atoms with Gasteiger partial charge in [0.05, 0.1) is 23.6 Å². The molecule has 0 radical (unpaired) electrons. The van der Waals surface area contributed by atoms with Crippen molar-refractivity contribution in [1.82, 2.24) is 9.97 Å². The number of nitrogens with zero attached hydrogens (tertiary/aromatic N) is 5. The van der Waals surface area contributed by atoms with Gasteiger partial charge in [0.2, 0.25) is 0 Å². The minimum atomic E-state index is 0.260. The number of hydrogen-bond donors (Lipinski definition) is 2. The number of benzene rings is 1. The number of nitrogen functional groups attached to an aromatic ring is 2. The number of rotatable bonds is 3. The fourth-order valence-electron chi connectivity index (χ4n) is 2.83. The fourth-order valence-corrected chi connectivity index (χ4v) is 2.83. The second-order valence-electron chi connectivity index (χ2n) is 5.80. The molecule has 1 aromatic carbocycles. The minimum absolute atomic E-state index is 0.260. The second-order valence-corrected chi connectivity index (χ2v) is 5.80. The van der Waals surface area contributed by atoms with Crippen LogP contribution in [0.15, 0.2) is 65.0 Å². The van der Waals surface area contributed by atoms with E-state index in [-0.39, 0.29) is 5.82 Å². The molecule has 3 aromatic rings. The topological polar surface area (TPSA) is 106 Å². The van der Waals surface area contributed by atoms with Crippen molar-refractivity contribution < 1.29 is 0 Å². The summed E-state index contributed by atoms with van der Waals surface area (Å²) in [6, 6.07) is 15.3. The lowest BCUT2D eigenvalue weighted by Gasteiger charge is -2.19. The SMILES string of the molecule is Nc1nc(N)c(N2Cc3cccnc3C2)cc1N=Nc1ccccc1. The lowest BCUT2D eigenvalue weighted by Crippen LogP contribution is -2.17. The maximum Gasteiger partial charge on any atom is 0.153 e. The molecular weight excluding hydrogens is 314 g/mol. The second kappa shape index (κ2) is 6.20. The molecule has 1 aliphatic heterocycles. The predicted octanol–water partition coefficient (Wildman–Crippen LogP) is 3.58. The van der Waals surface area contributed by atoms with Crippen LogP contribution in [-0.4, -0.2) is 9.97 Å². The Hall–Kier alpha value is -3.48. The molecule has 0 aliphatic carbocycles. The van der Waals surface area contributed by atoms with Gasteiger partial charge in [-0.25, -0.2) is 4.98 Å². The highest BCUT2D eigenvalue weighted by atomic mass is 15.2. The first-order valence-corrected chi connectivity index (χ1v) is 7.91. The zero-order valence-electron chi connectivity index (χ0n) is 13.5. The molecule has 0 fully saturated rings. The van der Waals surface area contributed by atoms with Gasteiger partial charge in [0.25, 0.3) is 0 Å². The zero-order chi connectivity index (χ0) is 17.2. The summed E-state index contributed by atoms with van der Waals surface area (Å²) in [5.41, 5.74) is 16.3. The molecular formula is C18H17N7. The van der Waals surface area contributed by atoms with E-state index in [9.17, 15) is 0 Å². The smallest absolute Gasteiger partial charge is 0.153 e. The molecule has 0 atom stereocenters. The van der Waals surface area contributed by atoms with Crippen LogP contribution in [0.2, 0.25) is 0 Å². The number of anilines is 3. The molecule has 7 nitrogen and oxygen atoms in total. The zero-order valence-corrected chi connectivity index (χ0v) is 13.5. The molecule has 2 aromatic heterocycles. The Morgan fingerprint density at radius 2 is 1.76 bits per heavy atom. The van der Waals surface area contributed by atoms with Gasteiger partial charge in [-0.3, -0.25) is 4.98 Å². The molecule has 0 amide bonds. The Morgan fingerprint density at radius 1 is 0.920 bits per heavy atom. The molecule has 4 N–H and O–H groups in total. The van der Waals surface area contributed by atoms with E-state index < -0.39 is 0 Å². The van der Waals surface area contributed by atoms with Gasteiger partial charge in [-0.1, -0.05) is 24.3 Å². The van der Waals surface area contributed by atoms with Gasteiger partial charge in [0.15, 0.2) is 5.82 Å². The number of fused-ring (bicyclic) bond motifs is 1. The van der Waals surface area contributed by atoms with Crippen LogP contribution < -0.4 is 16.4 Å². The van der Waals surface area contributed by atoms with Crippen LogP contribution >= 0.6 is 0 Å². The first-order valence-electron chi connectivity index (χ1n) is 7.91. The van der Waals surface area contributed by atoms with Gasteiger partial charge in [-0.2, -0.15) is 5.11 Å². The highest BCUT2D eigenvalue weighted by Crippen LogP contribution is 2.35. The molecule has 0 unspecified atom stereocenters. The van der Waals surface area contributed by atoms with Gasteiger partial charge >= 0.3 is 0 Å². The molecule has 0 saturated carbocycles. The maximum atomic E-state index is 6.09. The van der Waals surface area contributed by atoms with Gasteiger partial charge < -0.3 is 16.4 Å². The van der Waals surface area contributed by atoms with Crippen molar-refractivity contribution in [1.29, 1.82) is 0 Å². The van der Waals surface area contributed by atoms with Crippen LogP contribution in [-0.2, 0) is 13.1 Å². The van der Waals surface area contributed by atoms with Gasteiger partial charge in [0, 0.05) is 12.7 Å². The third-order valence-corrected chi connectivity index (χ3v) is 4.10. The molecule has 3 heterocycles. The van der Waals surface area contributed by atoms with Gasteiger partial charge in [0.1, 0.15) is 11.5 Å². The van der Waals surface area contributed by atoms with Crippen molar-refractivity contribution in [3.05, 3.63) is 66.0 Å². The van der Waals surface area contributed by atoms with Gasteiger partial charge in [-0.05, 0) is 29.8 Å². The summed E-state index contributed by atoms with van der Waals surface area (Å²) in [5.74, 6) is 0.639. The van der Waals surface area contributed by atoms with Crippen molar-refractivity contribution in [3.63, 3.8) is 0 Å². The van der Waals surface area contributed by atoms with Crippen molar-refractivity contribution in [2.24, 2.45) is 10.2 Å². The standard InChI is InChI=1S/C18H17N7/c19-17-14(24-23-13-6-2-1-3-7-13)9-16(18(20)22-17)25-10-12-5-4-8-21-15(12)11-25/h1-9H,10-11H2,(H4,19,20,22). The molecule has 0 bridgehead atoms. The monoisotopic (exact) mass is 331 g/mol. The van der Waals surface area contributed by atoms with Crippen molar-refractivity contribution in [3.8, 4) is 0 Å². The quantitative estimate of drug-likeness (QED) is 0.714. The molecule has 25 heavy (non-hydrogen) atoms. The Balaban J connectivity index is 1.65. The Labute approximate surface area is 145 Å². The summed E-state index contributed by atoms with van der Waals surface area (Å²) in [7, 11) is 0. The van der Waals surface area contributed by atoms with E-state index in [0.717, 1.165) is 23.6 Å². The average molecular weight is 331 g/mol. The van der Waals surface area contributed by atoms with E-state index in [2.05, 4.69) is 31.2 Å². The highest BCUT2D eigenvalue weighted by Gasteiger charge is 2.23. The van der Waals surface area contributed by atoms with Crippen molar-refractivity contribution in [2.45, 2.75) is 13.1 Å². The van der Waals surface area contributed by atoms with Crippen LogP contribution in [0.3, 0.4) is 0 Å². The van der Waals surface area contributed by atoms with E-state index in [0.29, 0.717) is 18.1 Å². The first kappa shape index (κ1) is 15.1. The molecule has 0 saturated heterocycles. The van der Waals surface area contributed by atoms with Crippen LogP contribution in [0.1, 0.15) is 11.3 Å². The average Bonchev–Trinajstić information content (AvgIpc) is 3.05. The molecule has 4 rings (SSSR count). The number of hydrogen-bond acceptors (Lipinski definition) is 7. The Morgan fingerprint density at radius 3 is 2.56 bits per heavy atom. The normalized spacial score (nSPS) is 13.4. The third-order valence-electron chi connectivity index (χ3n) is 4.10. The predicted molar refractivity (Wildman–Crippen MR) is 97.8 cm³/mol. The fraction of sp³-hybridized carbons (Fsp3) is 0.111. The summed E-state index contributed by atoms with van der Waals surface area (Å²) in [6.07, 6.45) is 1.80. The van der Waals surface area contributed by atoms with E-state index in [1.807, 2.05) is 42.5 Å².